The highest BCUT2D eigenvalue weighted by atomic mass is 15.1. The van der Waals surface area contributed by atoms with Crippen LogP contribution < -0.4 is 10.6 Å². The van der Waals surface area contributed by atoms with E-state index in [0.717, 1.165) is 23.1 Å². The van der Waals surface area contributed by atoms with E-state index in [0.29, 0.717) is 11.5 Å². The Kier molecular flexibility index (Phi) is 3.69. The van der Waals surface area contributed by atoms with Gasteiger partial charge in [0, 0.05) is 25.2 Å². The first-order valence-corrected chi connectivity index (χ1v) is 6.44. The third kappa shape index (κ3) is 2.67. The summed E-state index contributed by atoms with van der Waals surface area (Å²) in [4.78, 5) is 6.54. The second-order valence-corrected chi connectivity index (χ2v) is 5.23. The van der Waals surface area contributed by atoms with E-state index in [1.165, 1.54) is 0 Å². The molecule has 0 fully saturated rings. The van der Waals surface area contributed by atoms with Gasteiger partial charge in [0.2, 0.25) is 0 Å². The van der Waals surface area contributed by atoms with Crippen LogP contribution in [0.25, 0.3) is 10.9 Å². The Morgan fingerprint density at radius 1 is 1.37 bits per heavy atom. The van der Waals surface area contributed by atoms with Gasteiger partial charge in [0.05, 0.1) is 16.8 Å². The first-order chi connectivity index (χ1) is 9.00. The maximum atomic E-state index is 7.74. The maximum Gasteiger partial charge on any atom is 0.126 e. The Balaban J connectivity index is 2.65. The van der Waals surface area contributed by atoms with Crippen molar-refractivity contribution in [3.8, 4) is 0 Å². The van der Waals surface area contributed by atoms with Gasteiger partial charge in [-0.1, -0.05) is 32.0 Å². The van der Waals surface area contributed by atoms with Gasteiger partial charge < -0.3 is 10.6 Å². The number of pyridine rings is 1. The van der Waals surface area contributed by atoms with Crippen LogP contribution in [0, 0.1) is 11.3 Å². The molecule has 0 bridgehead atoms. The van der Waals surface area contributed by atoms with E-state index in [1.807, 2.05) is 31.3 Å². The van der Waals surface area contributed by atoms with Crippen molar-refractivity contribution in [2.24, 2.45) is 11.7 Å². The predicted octanol–water partition coefficient (Wildman–Crippen LogP) is 2.61. The van der Waals surface area contributed by atoms with Crippen molar-refractivity contribution in [1.82, 2.24) is 4.98 Å². The van der Waals surface area contributed by atoms with Gasteiger partial charge in [-0.25, -0.2) is 0 Å². The number of hydrogen-bond donors (Lipinski definition) is 2. The minimum Gasteiger partial charge on any atom is -0.384 e. The number of nitrogen functional groups attached to an aromatic ring is 1. The standard InChI is InChI=1S/C15H20N4/c1-10(2)9-19(3)14-11-6-4-5-7-13(11)18-8-12(14)15(16)17/h4-8,10H,9H2,1-3H3,(H3,16,17). The third-order valence-corrected chi connectivity index (χ3v) is 3.06. The number of amidine groups is 1. The molecule has 1 heterocycles. The summed E-state index contributed by atoms with van der Waals surface area (Å²) in [6.45, 7) is 5.26. The molecule has 0 radical (unpaired) electrons. The molecular weight excluding hydrogens is 236 g/mol. The summed E-state index contributed by atoms with van der Waals surface area (Å²) >= 11 is 0. The van der Waals surface area contributed by atoms with E-state index in [4.69, 9.17) is 11.1 Å². The summed E-state index contributed by atoms with van der Waals surface area (Å²) in [5.74, 6) is 0.598. The number of nitrogens with one attached hydrogen (secondary N) is 1. The highest BCUT2D eigenvalue weighted by Crippen LogP contribution is 2.29. The number of hydrogen-bond acceptors (Lipinski definition) is 3. The van der Waals surface area contributed by atoms with Gasteiger partial charge >= 0.3 is 0 Å². The zero-order valence-electron chi connectivity index (χ0n) is 11.6. The zero-order chi connectivity index (χ0) is 14.0. The molecule has 2 aromatic rings. The fourth-order valence-electron chi connectivity index (χ4n) is 2.37. The average Bonchev–Trinajstić information content (AvgIpc) is 2.36. The number of para-hydroxylation sites is 1. The second kappa shape index (κ2) is 5.26. The molecular formula is C15H20N4. The Morgan fingerprint density at radius 3 is 2.68 bits per heavy atom. The van der Waals surface area contributed by atoms with Crippen LogP contribution in [0.3, 0.4) is 0 Å². The number of rotatable bonds is 4. The van der Waals surface area contributed by atoms with Crippen LogP contribution in [0.4, 0.5) is 5.69 Å². The molecule has 1 aromatic heterocycles. The lowest BCUT2D eigenvalue weighted by Gasteiger charge is -2.25. The van der Waals surface area contributed by atoms with Gasteiger partial charge in [-0.3, -0.25) is 10.4 Å². The van der Waals surface area contributed by atoms with E-state index < -0.39 is 0 Å². The summed E-state index contributed by atoms with van der Waals surface area (Å²) in [6, 6.07) is 7.96. The van der Waals surface area contributed by atoms with Crippen LogP contribution >= 0.6 is 0 Å². The van der Waals surface area contributed by atoms with E-state index in [1.54, 1.807) is 6.20 Å². The Morgan fingerprint density at radius 2 is 2.05 bits per heavy atom. The largest absolute Gasteiger partial charge is 0.384 e. The average molecular weight is 256 g/mol. The highest BCUT2D eigenvalue weighted by Gasteiger charge is 2.15. The van der Waals surface area contributed by atoms with E-state index >= 15 is 0 Å². The van der Waals surface area contributed by atoms with E-state index in [2.05, 4.69) is 23.7 Å². The molecule has 1 aromatic carbocycles. The normalized spacial score (nSPS) is 10.9. The molecule has 0 unspecified atom stereocenters. The summed E-state index contributed by atoms with van der Waals surface area (Å²) < 4.78 is 0. The molecule has 4 heteroatoms. The van der Waals surface area contributed by atoms with E-state index in [9.17, 15) is 0 Å². The third-order valence-electron chi connectivity index (χ3n) is 3.06. The maximum absolute atomic E-state index is 7.74. The first kappa shape index (κ1) is 13.3. The number of benzene rings is 1. The number of anilines is 1. The van der Waals surface area contributed by atoms with Crippen molar-refractivity contribution < 1.29 is 0 Å². The van der Waals surface area contributed by atoms with Crippen LogP contribution in [0.15, 0.2) is 30.5 Å². The molecule has 0 spiro atoms. The van der Waals surface area contributed by atoms with Gasteiger partial charge in [0.1, 0.15) is 5.84 Å². The first-order valence-electron chi connectivity index (χ1n) is 6.44. The van der Waals surface area contributed by atoms with Crippen LogP contribution in [0.5, 0.6) is 0 Å². The minimum absolute atomic E-state index is 0.0591. The van der Waals surface area contributed by atoms with Gasteiger partial charge in [0.15, 0.2) is 0 Å². The molecule has 3 N–H and O–H groups in total. The molecule has 0 aliphatic carbocycles. The van der Waals surface area contributed by atoms with Gasteiger partial charge in [-0.05, 0) is 12.0 Å². The van der Waals surface area contributed by atoms with Crippen molar-refractivity contribution in [3.05, 3.63) is 36.0 Å². The van der Waals surface area contributed by atoms with Crippen molar-refractivity contribution >= 4 is 22.4 Å². The van der Waals surface area contributed by atoms with Crippen molar-refractivity contribution in [3.63, 3.8) is 0 Å². The quantitative estimate of drug-likeness (QED) is 0.652. The summed E-state index contributed by atoms with van der Waals surface area (Å²) in [5.41, 5.74) is 8.31. The number of fused-ring (bicyclic) bond motifs is 1. The summed E-state index contributed by atoms with van der Waals surface area (Å²) in [5, 5.41) is 8.78. The summed E-state index contributed by atoms with van der Waals surface area (Å²) in [7, 11) is 2.04. The molecule has 4 nitrogen and oxygen atoms in total. The van der Waals surface area contributed by atoms with E-state index in [-0.39, 0.29) is 5.84 Å². The minimum atomic E-state index is 0.0591. The highest BCUT2D eigenvalue weighted by molar-refractivity contribution is 6.07. The Bertz CT molecular complexity index is 604. The molecule has 0 saturated heterocycles. The topological polar surface area (TPSA) is 66.0 Å². The Labute approximate surface area is 113 Å². The Hall–Kier alpha value is -2.10. The fraction of sp³-hybridized carbons (Fsp3) is 0.333. The van der Waals surface area contributed by atoms with Crippen LogP contribution in [-0.2, 0) is 0 Å². The number of nitrogens with zero attached hydrogens (tertiary/aromatic N) is 2. The fourth-order valence-corrected chi connectivity index (χ4v) is 2.37. The van der Waals surface area contributed by atoms with Crippen LogP contribution in [0.1, 0.15) is 19.4 Å². The molecule has 0 amide bonds. The SMILES string of the molecule is CC(C)CN(C)c1c(C(=N)N)cnc2ccccc12. The monoisotopic (exact) mass is 256 g/mol. The second-order valence-electron chi connectivity index (χ2n) is 5.23. The van der Waals surface area contributed by atoms with Gasteiger partial charge in [-0.2, -0.15) is 0 Å². The lowest BCUT2D eigenvalue weighted by atomic mass is 10.1. The molecule has 0 aliphatic heterocycles. The van der Waals surface area contributed by atoms with Crippen molar-refractivity contribution in [2.75, 3.05) is 18.5 Å². The molecule has 100 valence electrons. The lowest BCUT2D eigenvalue weighted by molar-refractivity contribution is 0.639. The number of nitrogens with two attached hydrogens (primary N) is 1. The molecule has 2 rings (SSSR count). The lowest BCUT2D eigenvalue weighted by Crippen LogP contribution is -2.26. The number of aromatic nitrogens is 1. The molecule has 19 heavy (non-hydrogen) atoms. The predicted molar refractivity (Wildman–Crippen MR) is 80.9 cm³/mol. The van der Waals surface area contributed by atoms with Crippen LogP contribution in [-0.4, -0.2) is 24.4 Å². The van der Waals surface area contributed by atoms with Crippen LogP contribution in [0.2, 0.25) is 0 Å². The smallest absolute Gasteiger partial charge is 0.126 e. The van der Waals surface area contributed by atoms with Gasteiger partial charge in [0.25, 0.3) is 0 Å². The molecule has 0 aliphatic rings. The summed E-state index contributed by atoms with van der Waals surface area (Å²) in [6.07, 6.45) is 1.69. The molecule has 0 atom stereocenters. The zero-order valence-corrected chi connectivity index (χ0v) is 11.6. The van der Waals surface area contributed by atoms with Crippen molar-refractivity contribution in [2.45, 2.75) is 13.8 Å². The molecule has 0 saturated carbocycles. The van der Waals surface area contributed by atoms with Crippen molar-refractivity contribution in [1.29, 1.82) is 5.41 Å². The van der Waals surface area contributed by atoms with Gasteiger partial charge in [-0.15, -0.1) is 0 Å².